The van der Waals surface area contributed by atoms with Crippen LogP contribution in [0.4, 0.5) is 5.69 Å². The van der Waals surface area contributed by atoms with E-state index in [1.54, 1.807) is 23.1 Å². The average molecular weight is 218 g/mol. The van der Waals surface area contributed by atoms with Gasteiger partial charge >= 0.3 is 0 Å². The highest BCUT2D eigenvalue weighted by atomic mass is 16.3. The lowest BCUT2D eigenvalue weighted by molar-refractivity contribution is -0.135. The number of likely N-dealkylation sites (N-methyl/N-ethyl adjacent to an activating group) is 1. The van der Waals surface area contributed by atoms with E-state index >= 15 is 0 Å². The second-order valence-corrected chi connectivity index (χ2v) is 4.51. The third-order valence-electron chi connectivity index (χ3n) is 3.68. The molecule has 3 fully saturated rings. The Hall–Kier alpha value is -1.55. The maximum atomic E-state index is 12.1. The number of piperidine rings is 1. The number of benzene rings is 1. The van der Waals surface area contributed by atoms with E-state index in [0.29, 0.717) is 18.3 Å². The molecule has 0 aliphatic carbocycles. The number of anilines is 1. The van der Waals surface area contributed by atoms with Crippen LogP contribution in [0.5, 0.6) is 5.75 Å². The Kier molecular flexibility index (Phi) is 1.94. The summed E-state index contributed by atoms with van der Waals surface area (Å²) < 4.78 is 0. The van der Waals surface area contributed by atoms with E-state index in [-0.39, 0.29) is 17.7 Å². The predicted molar refractivity (Wildman–Crippen MR) is 60.4 cm³/mol. The third kappa shape index (κ3) is 1.16. The first-order valence-corrected chi connectivity index (χ1v) is 5.50. The summed E-state index contributed by atoms with van der Waals surface area (Å²) in [6, 6.07) is 7.47. The molecule has 2 unspecified atom stereocenters. The number of hydrogen-bond donors (Lipinski definition) is 1. The van der Waals surface area contributed by atoms with Crippen molar-refractivity contribution < 1.29 is 9.90 Å². The fourth-order valence-corrected chi connectivity index (χ4v) is 2.58. The summed E-state index contributed by atoms with van der Waals surface area (Å²) in [5, 5.41) is 9.74. The van der Waals surface area contributed by atoms with E-state index in [4.69, 9.17) is 0 Å². The van der Waals surface area contributed by atoms with Crippen molar-refractivity contribution in [1.29, 1.82) is 0 Å². The number of carbonyl (C=O) groups excluding carboxylic acids is 1. The summed E-state index contributed by atoms with van der Waals surface area (Å²) >= 11 is 0. The number of carbonyl (C=O) groups is 1. The van der Waals surface area contributed by atoms with E-state index in [0.717, 1.165) is 6.42 Å². The Bertz CT molecular complexity index is 446. The molecular formula is C12H14N2O2. The number of amides is 1. The summed E-state index contributed by atoms with van der Waals surface area (Å²) in [6.45, 7) is 0.684. The summed E-state index contributed by atoms with van der Waals surface area (Å²) in [6.07, 6.45) is 0.958. The topological polar surface area (TPSA) is 43.8 Å². The molecule has 1 aromatic carbocycles. The van der Waals surface area contributed by atoms with Crippen LogP contribution in [0, 0.1) is 0 Å². The Labute approximate surface area is 94.1 Å². The van der Waals surface area contributed by atoms with Gasteiger partial charge in [0.2, 0.25) is 5.91 Å². The smallest absolute Gasteiger partial charge is 0.244 e. The number of fused-ring (bicyclic) bond motifs is 2. The van der Waals surface area contributed by atoms with Gasteiger partial charge < -0.3 is 10.0 Å². The number of aromatic hydroxyl groups is 1. The van der Waals surface area contributed by atoms with E-state index < -0.39 is 0 Å². The van der Waals surface area contributed by atoms with Crippen LogP contribution in [-0.4, -0.2) is 41.6 Å². The number of phenols is 1. The molecule has 4 rings (SSSR count). The lowest BCUT2D eigenvalue weighted by atomic mass is 9.87. The van der Waals surface area contributed by atoms with Crippen molar-refractivity contribution in [1.82, 2.24) is 4.90 Å². The SMILES string of the molecule is CN1C2CC1C(=O)N(c1ccccc1O)C2. The second kappa shape index (κ2) is 3.22. The summed E-state index contributed by atoms with van der Waals surface area (Å²) in [7, 11) is 1.99. The molecule has 0 saturated carbocycles. The normalized spacial score (nSPS) is 29.1. The van der Waals surface area contributed by atoms with Gasteiger partial charge in [-0.3, -0.25) is 9.69 Å². The zero-order chi connectivity index (χ0) is 11.3. The number of nitrogens with zero attached hydrogens (tertiary/aromatic N) is 2. The minimum absolute atomic E-state index is 0.0124. The number of para-hydroxylation sites is 2. The number of hydrogen-bond acceptors (Lipinski definition) is 3. The van der Waals surface area contributed by atoms with Crippen molar-refractivity contribution in [2.75, 3.05) is 18.5 Å². The molecule has 4 nitrogen and oxygen atoms in total. The third-order valence-corrected chi connectivity index (χ3v) is 3.68. The summed E-state index contributed by atoms with van der Waals surface area (Å²) in [4.78, 5) is 15.9. The molecule has 3 saturated heterocycles. The molecule has 3 heterocycles. The largest absolute Gasteiger partial charge is 0.506 e. The fourth-order valence-electron chi connectivity index (χ4n) is 2.58. The van der Waals surface area contributed by atoms with E-state index in [2.05, 4.69) is 4.90 Å². The zero-order valence-corrected chi connectivity index (χ0v) is 9.13. The van der Waals surface area contributed by atoms with Crippen molar-refractivity contribution in [3.63, 3.8) is 0 Å². The molecule has 0 aromatic heterocycles. The quantitative estimate of drug-likeness (QED) is 0.758. The molecule has 0 spiro atoms. The molecule has 2 atom stereocenters. The molecule has 1 aromatic rings. The van der Waals surface area contributed by atoms with Crippen LogP contribution in [0.15, 0.2) is 24.3 Å². The molecule has 0 radical (unpaired) electrons. The number of piperazine rings is 1. The van der Waals surface area contributed by atoms with Crippen LogP contribution in [0.2, 0.25) is 0 Å². The summed E-state index contributed by atoms with van der Waals surface area (Å²) in [5.74, 6) is 0.284. The maximum absolute atomic E-state index is 12.1. The number of phenolic OH excluding ortho intramolecular Hbond substituents is 1. The summed E-state index contributed by atoms with van der Waals surface area (Å²) in [5.41, 5.74) is 0.635. The first-order chi connectivity index (χ1) is 7.68. The average Bonchev–Trinajstić information content (AvgIpc) is 2.29. The van der Waals surface area contributed by atoms with Crippen molar-refractivity contribution in [3.8, 4) is 5.75 Å². The van der Waals surface area contributed by atoms with E-state index in [9.17, 15) is 9.90 Å². The monoisotopic (exact) mass is 218 g/mol. The predicted octanol–water partition coefficient (Wildman–Crippen LogP) is 0.811. The highest BCUT2D eigenvalue weighted by Crippen LogP contribution is 2.37. The molecular weight excluding hydrogens is 204 g/mol. The van der Waals surface area contributed by atoms with Crippen LogP contribution in [-0.2, 0) is 4.79 Å². The van der Waals surface area contributed by atoms with Gasteiger partial charge in [-0.05, 0) is 25.6 Å². The van der Waals surface area contributed by atoms with Gasteiger partial charge in [-0.1, -0.05) is 12.1 Å². The Morgan fingerprint density at radius 3 is 2.75 bits per heavy atom. The van der Waals surface area contributed by atoms with Crippen molar-refractivity contribution in [2.45, 2.75) is 18.5 Å². The van der Waals surface area contributed by atoms with Crippen molar-refractivity contribution in [3.05, 3.63) is 24.3 Å². The fraction of sp³-hybridized carbons (Fsp3) is 0.417. The molecule has 3 aliphatic rings. The minimum Gasteiger partial charge on any atom is -0.506 e. The van der Waals surface area contributed by atoms with Crippen LogP contribution in [0.3, 0.4) is 0 Å². The molecule has 84 valence electrons. The van der Waals surface area contributed by atoms with Crippen LogP contribution < -0.4 is 4.90 Å². The van der Waals surface area contributed by atoms with Gasteiger partial charge in [0.25, 0.3) is 0 Å². The van der Waals surface area contributed by atoms with Gasteiger partial charge in [0.15, 0.2) is 0 Å². The first-order valence-electron chi connectivity index (χ1n) is 5.50. The van der Waals surface area contributed by atoms with Gasteiger partial charge in [-0.25, -0.2) is 0 Å². The Morgan fingerprint density at radius 2 is 2.12 bits per heavy atom. The second-order valence-electron chi connectivity index (χ2n) is 4.51. The van der Waals surface area contributed by atoms with Crippen LogP contribution >= 0.6 is 0 Å². The lowest BCUT2D eigenvalue weighted by Crippen LogP contribution is -2.70. The number of rotatable bonds is 1. The van der Waals surface area contributed by atoms with E-state index in [1.807, 2.05) is 13.1 Å². The first kappa shape index (κ1) is 9.66. The van der Waals surface area contributed by atoms with Crippen LogP contribution in [0.25, 0.3) is 0 Å². The van der Waals surface area contributed by atoms with E-state index in [1.165, 1.54) is 0 Å². The lowest BCUT2D eigenvalue weighted by Gasteiger charge is -2.53. The molecule has 1 N–H and O–H groups in total. The molecule has 1 amide bonds. The standard InChI is InChI=1S/C12H14N2O2/c1-13-8-6-10(13)12(16)14(7-8)9-4-2-3-5-11(9)15/h2-5,8,10,15H,6-7H2,1H3. The Morgan fingerprint density at radius 1 is 1.38 bits per heavy atom. The minimum atomic E-state index is 0.0124. The van der Waals surface area contributed by atoms with Crippen molar-refractivity contribution >= 4 is 11.6 Å². The van der Waals surface area contributed by atoms with Gasteiger partial charge in [0, 0.05) is 12.6 Å². The molecule has 2 bridgehead atoms. The van der Waals surface area contributed by atoms with Gasteiger partial charge in [0.1, 0.15) is 5.75 Å². The van der Waals surface area contributed by atoms with Gasteiger partial charge in [0.05, 0.1) is 11.7 Å². The van der Waals surface area contributed by atoms with Crippen LogP contribution in [0.1, 0.15) is 6.42 Å². The maximum Gasteiger partial charge on any atom is 0.244 e. The zero-order valence-electron chi connectivity index (χ0n) is 9.13. The molecule has 4 heteroatoms. The van der Waals surface area contributed by atoms with Gasteiger partial charge in [-0.15, -0.1) is 0 Å². The highest BCUT2D eigenvalue weighted by Gasteiger charge is 2.48. The van der Waals surface area contributed by atoms with Crippen molar-refractivity contribution in [2.24, 2.45) is 0 Å². The molecule has 16 heavy (non-hydrogen) atoms. The van der Waals surface area contributed by atoms with Gasteiger partial charge in [-0.2, -0.15) is 0 Å². The highest BCUT2D eigenvalue weighted by molar-refractivity contribution is 6.00. The Balaban J connectivity index is 1.93. The molecule has 3 aliphatic heterocycles.